The van der Waals surface area contributed by atoms with Gasteiger partial charge in [0, 0.05) is 25.0 Å². The van der Waals surface area contributed by atoms with Gasteiger partial charge in [-0.3, -0.25) is 0 Å². The molecule has 0 aromatic carbocycles. The molecule has 0 unspecified atom stereocenters. The first-order chi connectivity index (χ1) is 7.15. The molecule has 0 fully saturated rings. The molecule has 0 saturated carbocycles. The Kier molecular flexibility index (Phi) is 2.55. The van der Waals surface area contributed by atoms with Crippen molar-refractivity contribution in [3.8, 4) is 0 Å². The van der Waals surface area contributed by atoms with Crippen molar-refractivity contribution in [3.05, 3.63) is 29.6 Å². The van der Waals surface area contributed by atoms with Crippen LogP contribution in [0.4, 0.5) is 11.6 Å². The number of hydrogen-bond acceptors (Lipinski definition) is 4. The van der Waals surface area contributed by atoms with Crippen LogP contribution in [0.25, 0.3) is 0 Å². The molecule has 0 aliphatic carbocycles. The second-order valence-corrected chi connectivity index (χ2v) is 3.56. The molecule has 0 aliphatic heterocycles. The zero-order chi connectivity index (χ0) is 10.8. The molecule has 0 saturated heterocycles. The smallest absolute Gasteiger partial charge is 0.224 e. The average molecular weight is 224 g/mol. The minimum Gasteiger partial charge on any atom is -0.338 e. The van der Waals surface area contributed by atoms with Crippen LogP contribution >= 0.6 is 11.6 Å². The van der Waals surface area contributed by atoms with E-state index in [-0.39, 0.29) is 5.28 Å². The molecule has 2 rings (SSSR count). The van der Waals surface area contributed by atoms with Crippen LogP contribution in [0.3, 0.4) is 0 Å². The van der Waals surface area contributed by atoms with Gasteiger partial charge in [-0.2, -0.15) is 0 Å². The minimum atomic E-state index is 0.221. The fourth-order valence-corrected chi connectivity index (χ4v) is 1.28. The summed E-state index contributed by atoms with van der Waals surface area (Å²) in [4.78, 5) is 12.1. The lowest BCUT2D eigenvalue weighted by molar-refractivity contribution is 0.913. The summed E-state index contributed by atoms with van der Waals surface area (Å²) >= 11 is 5.70. The maximum atomic E-state index is 5.70. The Hall–Kier alpha value is -1.62. The Labute approximate surface area is 92.1 Å². The monoisotopic (exact) mass is 223 g/mol. The van der Waals surface area contributed by atoms with Crippen molar-refractivity contribution >= 4 is 23.2 Å². The number of rotatable bonds is 2. The van der Waals surface area contributed by atoms with Crippen LogP contribution in [0.1, 0.15) is 5.56 Å². The second kappa shape index (κ2) is 3.86. The fraction of sp³-hybridized carbons (Fsp3) is 0.222. The molecule has 15 heavy (non-hydrogen) atoms. The van der Waals surface area contributed by atoms with Gasteiger partial charge in [0.25, 0.3) is 0 Å². The van der Waals surface area contributed by atoms with E-state index in [4.69, 9.17) is 11.6 Å². The maximum Gasteiger partial charge on any atom is 0.224 e. The minimum absolute atomic E-state index is 0.221. The Bertz CT molecular complexity index is 479. The lowest BCUT2D eigenvalue weighted by Crippen LogP contribution is -1.98. The van der Waals surface area contributed by atoms with Crippen molar-refractivity contribution in [2.24, 2.45) is 7.05 Å². The van der Waals surface area contributed by atoms with Crippen LogP contribution in [-0.4, -0.2) is 19.5 Å². The zero-order valence-corrected chi connectivity index (χ0v) is 9.15. The largest absolute Gasteiger partial charge is 0.338 e. The molecule has 2 heterocycles. The van der Waals surface area contributed by atoms with Crippen molar-refractivity contribution in [1.29, 1.82) is 0 Å². The number of imidazole rings is 1. The second-order valence-electron chi connectivity index (χ2n) is 3.22. The highest BCUT2D eigenvalue weighted by molar-refractivity contribution is 6.28. The van der Waals surface area contributed by atoms with E-state index >= 15 is 0 Å². The Balaban J connectivity index is 2.27. The van der Waals surface area contributed by atoms with E-state index in [1.165, 1.54) is 0 Å². The molecule has 0 bridgehead atoms. The first-order valence-corrected chi connectivity index (χ1v) is 4.77. The van der Waals surface area contributed by atoms with Crippen molar-refractivity contribution in [3.63, 3.8) is 0 Å². The number of aromatic nitrogens is 4. The van der Waals surface area contributed by atoms with Gasteiger partial charge < -0.3 is 9.88 Å². The van der Waals surface area contributed by atoms with Crippen LogP contribution < -0.4 is 5.32 Å². The summed E-state index contributed by atoms with van der Waals surface area (Å²) in [5.74, 6) is 1.41. The zero-order valence-electron chi connectivity index (χ0n) is 8.40. The molecule has 78 valence electrons. The SMILES string of the molecule is Cc1cnc(Cl)nc1Nc1cn(C)cn1. The van der Waals surface area contributed by atoms with Gasteiger partial charge in [-0.25, -0.2) is 15.0 Å². The number of nitrogens with zero attached hydrogens (tertiary/aromatic N) is 4. The summed E-state index contributed by atoms with van der Waals surface area (Å²) in [6, 6.07) is 0. The highest BCUT2D eigenvalue weighted by Gasteiger charge is 2.04. The van der Waals surface area contributed by atoms with Crippen molar-refractivity contribution < 1.29 is 0 Å². The molecule has 5 nitrogen and oxygen atoms in total. The van der Waals surface area contributed by atoms with E-state index in [1.807, 2.05) is 24.7 Å². The third-order valence-electron chi connectivity index (χ3n) is 1.89. The quantitative estimate of drug-likeness (QED) is 0.791. The topological polar surface area (TPSA) is 55.6 Å². The van der Waals surface area contributed by atoms with E-state index in [9.17, 15) is 0 Å². The molecule has 6 heteroatoms. The lowest BCUT2D eigenvalue weighted by Gasteiger charge is -2.04. The van der Waals surface area contributed by atoms with Crippen LogP contribution in [0.2, 0.25) is 5.28 Å². The van der Waals surface area contributed by atoms with Crippen LogP contribution in [0.15, 0.2) is 18.7 Å². The van der Waals surface area contributed by atoms with Crippen molar-refractivity contribution in [2.45, 2.75) is 6.92 Å². The standard InChI is InChI=1S/C9H10ClN5/c1-6-3-11-9(10)14-8(6)13-7-4-15(2)5-12-7/h3-5H,1-2H3,(H,11,13,14). The summed E-state index contributed by atoms with van der Waals surface area (Å²) in [7, 11) is 1.90. The van der Waals surface area contributed by atoms with Gasteiger partial charge in [0.2, 0.25) is 5.28 Å². The molecular weight excluding hydrogens is 214 g/mol. The number of nitrogens with one attached hydrogen (secondary N) is 1. The van der Waals surface area contributed by atoms with Crippen LogP contribution in [0, 0.1) is 6.92 Å². The van der Waals surface area contributed by atoms with Crippen molar-refractivity contribution in [2.75, 3.05) is 5.32 Å². The average Bonchev–Trinajstić information content (AvgIpc) is 2.58. The van der Waals surface area contributed by atoms with E-state index < -0.39 is 0 Å². The summed E-state index contributed by atoms with van der Waals surface area (Å²) < 4.78 is 1.85. The van der Waals surface area contributed by atoms with E-state index in [1.54, 1.807) is 12.5 Å². The van der Waals surface area contributed by atoms with Crippen LogP contribution in [-0.2, 0) is 7.05 Å². The predicted octanol–water partition coefficient (Wildman–Crippen LogP) is 1.92. The van der Waals surface area contributed by atoms with Gasteiger partial charge in [-0.1, -0.05) is 0 Å². The van der Waals surface area contributed by atoms with Gasteiger partial charge in [-0.05, 0) is 18.5 Å². The van der Waals surface area contributed by atoms with Crippen LogP contribution in [0.5, 0.6) is 0 Å². The summed E-state index contributed by atoms with van der Waals surface area (Å²) in [5, 5.41) is 3.29. The van der Waals surface area contributed by atoms with E-state index in [0.29, 0.717) is 5.82 Å². The number of anilines is 2. The van der Waals surface area contributed by atoms with Gasteiger partial charge >= 0.3 is 0 Å². The molecule has 0 radical (unpaired) electrons. The van der Waals surface area contributed by atoms with Gasteiger partial charge in [0.1, 0.15) is 11.6 Å². The maximum absolute atomic E-state index is 5.70. The van der Waals surface area contributed by atoms with Gasteiger partial charge in [0.15, 0.2) is 0 Å². The Morgan fingerprint density at radius 1 is 1.40 bits per heavy atom. The van der Waals surface area contributed by atoms with E-state index in [0.717, 1.165) is 11.4 Å². The normalized spacial score (nSPS) is 10.3. The molecule has 2 aromatic rings. The Morgan fingerprint density at radius 3 is 2.87 bits per heavy atom. The fourth-order valence-electron chi connectivity index (χ4n) is 1.15. The molecule has 1 N–H and O–H groups in total. The first kappa shape index (κ1) is 9.92. The highest BCUT2D eigenvalue weighted by Crippen LogP contribution is 2.17. The molecule has 2 aromatic heterocycles. The predicted molar refractivity (Wildman–Crippen MR) is 58.3 cm³/mol. The molecule has 0 atom stereocenters. The molecule has 0 spiro atoms. The molecule has 0 amide bonds. The molecular formula is C9H10ClN5. The summed E-state index contributed by atoms with van der Waals surface area (Å²) in [5.41, 5.74) is 0.921. The van der Waals surface area contributed by atoms with E-state index in [2.05, 4.69) is 20.3 Å². The van der Waals surface area contributed by atoms with Gasteiger partial charge in [-0.15, -0.1) is 0 Å². The lowest BCUT2D eigenvalue weighted by atomic mass is 10.3. The Morgan fingerprint density at radius 2 is 2.20 bits per heavy atom. The number of aryl methyl sites for hydroxylation is 2. The summed E-state index contributed by atoms with van der Waals surface area (Å²) in [6.07, 6.45) is 5.23. The summed E-state index contributed by atoms with van der Waals surface area (Å²) in [6.45, 7) is 1.90. The third-order valence-corrected chi connectivity index (χ3v) is 2.08. The third kappa shape index (κ3) is 2.24. The number of halogens is 1. The molecule has 0 aliphatic rings. The van der Waals surface area contributed by atoms with Crippen molar-refractivity contribution in [1.82, 2.24) is 19.5 Å². The first-order valence-electron chi connectivity index (χ1n) is 4.39. The van der Waals surface area contributed by atoms with Gasteiger partial charge in [0.05, 0.1) is 6.33 Å². The number of hydrogen-bond donors (Lipinski definition) is 1. The highest BCUT2D eigenvalue weighted by atomic mass is 35.5.